The first-order chi connectivity index (χ1) is 12.6. The van der Waals surface area contributed by atoms with Crippen molar-refractivity contribution in [2.75, 3.05) is 43.0 Å². The number of para-hydroxylation sites is 1. The highest BCUT2D eigenvalue weighted by Gasteiger charge is 2.18. The lowest BCUT2D eigenvalue weighted by Gasteiger charge is -2.38. The van der Waals surface area contributed by atoms with Gasteiger partial charge in [-0.05, 0) is 50.2 Å². The maximum atomic E-state index is 12.0. The van der Waals surface area contributed by atoms with Crippen LogP contribution in [0.2, 0.25) is 0 Å². The molecule has 3 rings (SSSR count). The number of carbonyl (C=O) groups excluding carboxylic acids is 1. The van der Waals surface area contributed by atoms with E-state index in [0.29, 0.717) is 11.8 Å². The molecule has 1 fully saturated rings. The second-order valence-corrected chi connectivity index (χ2v) is 6.81. The summed E-state index contributed by atoms with van der Waals surface area (Å²) in [5, 5.41) is 2.87. The van der Waals surface area contributed by atoms with E-state index in [1.54, 1.807) is 0 Å². The van der Waals surface area contributed by atoms with E-state index < -0.39 is 0 Å². The van der Waals surface area contributed by atoms with E-state index in [-0.39, 0.29) is 12.5 Å². The Hall–Kier alpha value is -2.53. The van der Waals surface area contributed by atoms with E-state index >= 15 is 0 Å². The zero-order chi connectivity index (χ0) is 18.4. The molecule has 5 heteroatoms. The molecule has 1 aliphatic heterocycles. The van der Waals surface area contributed by atoms with E-state index in [2.05, 4.69) is 41.1 Å². The molecular formula is C21H27N3O2. The van der Waals surface area contributed by atoms with Crippen LogP contribution in [0.4, 0.5) is 11.4 Å². The van der Waals surface area contributed by atoms with E-state index in [0.717, 1.165) is 31.9 Å². The van der Waals surface area contributed by atoms with Crippen LogP contribution in [-0.4, -0.2) is 49.6 Å². The first kappa shape index (κ1) is 18.3. The maximum Gasteiger partial charge on any atom is 0.262 e. The Morgan fingerprint density at radius 2 is 1.65 bits per heavy atom. The van der Waals surface area contributed by atoms with Crippen molar-refractivity contribution >= 4 is 17.3 Å². The zero-order valence-electron chi connectivity index (χ0n) is 15.5. The van der Waals surface area contributed by atoms with Gasteiger partial charge in [-0.3, -0.25) is 9.69 Å². The van der Waals surface area contributed by atoms with Gasteiger partial charge >= 0.3 is 0 Å². The topological polar surface area (TPSA) is 44.8 Å². The fourth-order valence-electron chi connectivity index (χ4n) is 3.11. The Kier molecular flexibility index (Phi) is 6.12. The molecule has 0 spiro atoms. The van der Waals surface area contributed by atoms with E-state index in [9.17, 15) is 4.79 Å². The molecule has 5 nitrogen and oxygen atoms in total. The number of nitrogens with zero attached hydrogens (tertiary/aromatic N) is 2. The van der Waals surface area contributed by atoms with Crippen molar-refractivity contribution in [2.45, 2.75) is 19.9 Å². The summed E-state index contributed by atoms with van der Waals surface area (Å²) in [6.45, 7) is 8.75. The fourth-order valence-corrected chi connectivity index (χ4v) is 3.11. The molecule has 0 bridgehead atoms. The van der Waals surface area contributed by atoms with Crippen molar-refractivity contribution < 1.29 is 9.53 Å². The summed E-state index contributed by atoms with van der Waals surface area (Å²) in [6.07, 6.45) is 0. The highest BCUT2D eigenvalue weighted by molar-refractivity contribution is 5.92. The molecule has 2 aromatic rings. The van der Waals surface area contributed by atoms with Crippen molar-refractivity contribution in [1.29, 1.82) is 0 Å². The molecule has 2 aromatic carbocycles. The number of hydrogen-bond acceptors (Lipinski definition) is 4. The highest BCUT2D eigenvalue weighted by Crippen LogP contribution is 2.20. The Morgan fingerprint density at radius 3 is 2.27 bits per heavy atom. The third-order valence-electron chi connectivity index (χ3n) is 4.67. The maximum absolute atomic E-state index is 12.0. The van der Waals surface area contributed by atoms with Gasteiger partial charge in [0.2, 0.25) is 0 Å². The first-order valence-corrected chi connectivity index (χ1v) is 9.18. The Bertz CT molecular complexity index is 693. The Morgan fingerprint density at radius 1 is 1.00 bits per heavy atom. The van der Waals surface area contributed by atoms with E-state index in [1.165, 1.54) is 5.69 Å². The number of rotatable bonds is 6. The lowest BCUT2D eigenvalue weighted by atomic mass is 10.2. The molecule has 26 heavy (non-hydrogen) atoms. The predicted octanol–water partition coefficient (Wildman–Crippen LogP) is 3.23. The minimum atomic E-state index is -0.160. The third-order valence-corrected chi connectivity index (χ3v) is 4.67. The van der Waals surface area contributed by atoms with Crippen LogP contribution in [0.25, 0.3) is 0 Å². The second-order valence-electron chi connectivity index (χ2n) is 6.81. The first-order valence-electron chi connectivity index (χ1n) is 9.18. The van der Waals surface area contributed by atoms with Gasteiger partial charge < -0.3 is 15.0 Å². The SMILES string of the molecule is CC(C)N1CCN(c2ccc(NC(=O)COc3ccccc3)cc2)CC1. The monoisotopic (exact) mass is 353 g/mol. The lowest BCUT2D eigenvalue weighted by molar-refractivity contribution is -0.118. The van der Waals surface area contributed by atoms with Gasteiger partial charge in [-0.1, -0.05) is 18.2 Å². The molecule has 0 aromatic heterocycles. The number of nitrogens with one attached hydrogen (secondary N) is 1. The van der Waals surface area contributed by atoms with Crippen molar-refractivity contribution in [3.05, 3.63) is 54.6 Å². The lowest BCUT2D eigenvalue weighted by Crippen LogP contribution is -2.48. The van der Waals surface area contributed by atoms with E-state index in [4.69, 9.17) is 4.74 Å². The summed E-state index contributed by atoms with van der Waals surface area (Å²) in [4.78, 5) is 16.9. The highest BCUT2D eigenvalue weighted by atomic mass is 16.5. The number of carbonyl (C=O) groups is 1. The number of benzene rings is 2. The fraction of sp³-hybridized carbons (Fsp3) is 0.381. The average Bonchev–Trinajstić information content (AvgIpc) is 2.68. The summed E-state index contributed by atoms with van der Waals surface area (Å²) in [6, 6.07) is 18.0. The Labute approximate surface area is 155 Å². The molecule has 1 heterocycles. The van der Waals surface area contributed by atoms with Gasteiger partial charge in [0.05, 0.1) is 0 Å². The second kappa shape index (κ2) is 8.72. The van der Waals surface area contributed by atoms with Crippen LogP contribution in [0, 0.1) is 0 Å². The van der Waals surface area contributed by atoms with Gasteiger partial charge in [0.1, 0.15) is 5.75 Å². The summed E-state index contributed by atoms with van der Waals surface area (Å²) in [5.41, 5.74) is 1.99. The van der Waals surface area contributed by atoms with Gasteiger partial charge in [0.25, 0.3) is 5.91 Å². The van der Waals surface area contributed by atoms with Crippen molar-refractivity contribution in [3.8, 4) is 5.75 Å². The largest absolute Gasteiger partial charge is 0.484 e. The molecule has 1 amide bonds. The van der Waals surface area contributed by atoms with Crippen LogP contribution in [0.1, 0.15) is 13.8 Å². The third kappa shape index (κ3) is 4.99. The number of piperazine rings is 1. The summed E-state index contributed by atoms with van der Waals surface area (Å²) in [7, 11) is 0. The summed E-state index contributed by atoms with van der Waals surface area (Å²) < 4.78 is 5.46. The molecule has 1 saturated heterocycles. The normalized spacial score (nSPS) is 15.1. The van der Waals surface area contributed by atoms with Gasteiger partial charge in [-0.2, -0.15) is 0 Å². The predicted molar refractivity (Wildman–Crippen MR) is 106 cm³/mol. The standard InChI is InChI=1S/C21H27N3O2/c1-17(2)23-12-14-24(15-13-23)19-10-8-18(9-11-19)22-21(25)16-26-20-6-4-3-5-7-20/h3-11,17H,12-16H2,1-2H3,(H,22,25). The number of anilines is 2. The molecule has 1 aliphatic rings. The van der Waals surface area contributed by atoms with Crippen molar-refractivity contribution in [1.82, 2.24) is 4.90 Å². The molecule has 0 saturated carbocycles. The minimum Gasteiger partial charge on any atom is -0.484 e. The number of ether oxygens (including phenoxy) is 1. The summed E-state index contributed by atoms with van der Waals surface area (Å²) >= 11 is 0. The molecule has 0 unspecified atom stereocenters. The van der Waals surface area contributed by atoms with Gasteiger partial charge in [-0.25, -0.2) is 0 Å². The molecular weight excluding hydrogens is 326 g/mol. The average molecular weight is 353 g/mol. The molecule has 0 atom stereocenters. The van der Waals surface area contributed by atoms with Crippen LogP contribution in [0.3, 0.4) is 0 Å². The number of hydrogen-bond donors (Lipinski definition) is 1. The van der Waals surface area contributed by atoms with Crippen LogP contribution in [0.15, 0.2) is 54.6 Å². The van der Waals surface area contributed by atoms with Crippen LogP contribution >= 0.6 is 0 Å². The van der Waals surface area contributed by atoms with Crippen molar-refractivity contribution in [3.63, 3.8) is 0 Å². The Balaban J connectivity index is 1.48. The summed E-state index contributed by atoms with van der Waals surface area (Å²) in [5.74, 6) is 0.533. The van der Waals surface area contributed by atoms with Crippen LogP contribution in [-0.2, 0) is 4.79 Å². The van der Waals surface area contributed by atoms with Crippen LogP contribution in [0.5, 0.6) is 5.75 Å². The number of amides is 1. The van der Waals surface area contributed by atoms with Gasteiger partial charge in [0, 0.05) is 43.6 Å². The quantitative estimate of drug-likeness (QED) is 0.866. The van der Waals surface area contributed by atoms with Gasteiger partial charge in [-0.15, -0.1) is 0 Å². The molecule has 0 radical (unpaired) electrons. The molecule has 0 aliphatic carbocycles. The molecule has 1 N–H and O–H groups in total. The minimum absolute atomic E-state index is 0.00290. The van der Waals surface area contributed by atoms with Crippen molar-refractivity contribution in [2.24, 2.45) is 0 Å². The van der Waals surface area contributed by atoms with Crippen LogP contribution < -0.4 is 15.0 Å². The molecule has 138 valence electrons. The smallest absolute Gasteiger partial charge is 0.262 e. The van der Waals surface area contributed by atoms with Gasteiger partial charge in [0.15, 0.2) is 6.61 Å². The zero-order valence-corrected chi connectivity index (χ0v) is 15.5. The van der Waals surface area contributed by atoms with E-state index in [1.807, 2.05) is 42.5 Å².